The average molecular weight is 474 g/mol. The summed E-state index contributed by atoms with van der Waals surface area (Å²) in [6.45, 7) is 2.98. The van der Waals surface area contributed by atoms with E-state index in [1.54, 1.807) is 26.2 Å². The van der Waals surface area contributed by atoms with Gasteiger partial charge < -0.3 is 18.9 Å². The number of anilines is 1. The summed E-state index contributed by atoms with van der Waals surface area (Å²) in [4.78, 5) is 23.9. The summed E-state index contributed by atoms with van der Waals surface area (Å²) in [6, 6.07) is 13.5. The predicted molar refractivity (Wildman–Crippen MR) is 127 cm³/mol. The first-order chi connectivity index (χ1) is 17.1. The van der Waals surface area contributed by atoms with E-state index in [0.717, 1.165) is 28.1 Å². The van der Waals surface area contributed by atoms with E-state index in [4.69, 9.17) is 19.0 Å². The molecule has 1 aliphatic heterocycles. The van der Waals surface area contributed by atoms with Gasteiger partial charge in [0.05, 0.1) is 26.0 Å². The number of carbonyl (C=O) groups excluding carboxylic acids is 1. The molecule has 0 amide bonds. The molecule has 5 rings (SSSR count). The highest BCUT2D eigenvalue weighted by Gasteiger charge is 2.29. The van der Waals surface area contributed by atoms with E-state index in [0.29, 0.717) is 36.9 Å². The first-order valence-corrected chi connectivity index (χ1v) is 11.2. The number of hydrogen-bond acceptors (Lipinski definition) is 8. The smallest absolute Gasteiger partial charge is 0.343 e. The third-order valence-electron chi connectivity index (χ3n) is 5.86. The van der Waals surface area contributed by atoms with Crippen molar-refractivity contribution in [1.29, 1.82) is 0 Å². The third kappa shape index (κ3) is 4.44. The van der Waals surface area contributed by atoms with Gasteiger partial charge >= 0.3 is 5.97 Å². The molecule has 0 aliphatic carbocycles. The Kier molecular flexibility index (Phi) is 6.13. The standard InChI is InChI=1S/C26H23FN4O4/c1-3-34-26(32)20-14-28-24(17-6-10-19(33-2)11-7-17)29-25(20)31-13-12-22-21(15-31)23(35-30-22)16-4-8-18(27)9-5-16/h4-11,14H,3,12-13,15H2,1-2H3. The second-order valence-electron chi connectivity index (χ2n) is 8.00. The maximum Gasteiger partial charge on any atom is 0.343 e. The van der Waals surface area contributed by atoms with Gasteiger partial charge in [-0.15, -0.1) is 0 Å². The van der Waals surface area contributed by atoms with Gasteiger partial charge in [-0.1, -0.05) is 5.16 Å². The lowest BCUT2D eigenvalue weighted by Crippen LogP contribution is -2.32. The monoisotopic (exact) mass is 474 g/mol. The molecule has 8 nitrogen and oxygen atoms in total. The fourth-order valence-electron chi connectivity index (χ4n) is 4.07. The molecule has 0 saturated carbocycles. The van der Waals surface area contributed by atoms with Crippen molar-refractivity contribution >= 4 is 11.8 Å². The number of esters is 1. The van der Waals surface area contributed by atoms with Crippen LogP contribution in [-0.4, -0.2) is 41.4 Å². The molecule has 35 heavy (non-hydrogen) atoms. The minimum Gasteiger partial charge on any atom is -0.497 e. The number of hydrogen-bond donors (Lipinski definition) is 0. The van der Waals surface area contributed by atoms with Gasteiger partial charge in [-0.25, -0.2) is 19.2 Å². The summed E-state index contributed by atoms with van der Waals surface area (Å²) in [5.41, 5.74) is 3.52. The molecule has 0 fully saturated rings. The van der Waals surface area contributed by atoms with Gasteiger partial charge in [-0.3, -0.25) is 0 Å². The summed E-state index contributed by atoms with van der Waals surface area (Å²) in [5, 5.41) is 4.22. The van der Waals surface area contributed by atoms with Gasteiger partial charge in [0.15, 0.2) is 11.6 Å². The minimum absolute atomic E-state index is 0.239. The van der Waals surface area contributed by atoms with Gasteiger partial charge in [0.2, 0.25) is 0 Å². The lowest BCUT2D eigenvalue weighted by Gasteiger charge is -2.29. The second kappa shape index (κ2) is 9.54. The third-order valence-corrected chi connectivity index (χ3v) is 5.86. The lowest BCUT2D eigenvalue weighted by molar-refractivity contribution is 0.0526. The zero-order chi connectivity index (χ0) is 24.4. The largest absolute Gasteiger partial charge is 0.497 e. The van der Waals surface area contributed by atoms with Crippen LogP contribution in [0.2, 0.25) is 0 Å². The van der Waals surface area contributed by atoms with Crippen LogP contribution in [0.3, 0.4) is 0 Å². The normalized spacial score (nSPS) is 12.8. The maximum atomic E-state index is 13.4. The summed E-state index contributed by atoms with van der Waals surface area (Å²) >= 11 is 0. The number of methoxy groups -OCH3 is 1. The molecule has 0 unspecified atom stereocenters. The lowest BCUT2D eigenvalue weighted by atomic mass is 10.0. The summed E-state index contributed by atoms with van der Waals surface area (Å²) in [6.07, 6.45) is 2.11. The van der Waals surface area contributed by atoms with Crippen LogP contribution in [0.15, 0.2) is 59.3 Å². The van der Waals surface area contributed by atoms with Gasteiger partial charge in [-0.05, 0) is 55.5 Å². The number of halogens is 1. The second-order valence-corrected chi connectivity index (χ2v) is 8.00. The highest BCUT2D eigenvalue weighted by Crippen LogP contribution is 2.34. The van der Waals surface area contributed by atoms with Gasteiger partial charge in [0.25, 0.3) is 0 Å². The Bertz CT molecular complexity index is 1350. The molecule has 9 heteroatoms. The molecule has 0 radical (unpaired) electrons. The molecular formula is C26H23FN4O4. The van der Waals surface area contributed by atoms with Crippen LogP contribution in [0.25, 0.3) is 22.7 Å². The first-order valence-electron chi connectivity index (χ1n) is 11.2. The number of aromatic nitrogens is 3. The van der Waals surface area contributed by atoms with Crippen molar-refractivity contribution in [1.82, 2.24) is 15.1 Å². The van der Waals surface area contributed by atoms with Crippen molar-refractivity contribution in [2.24, 2.45) is 0 Å². The van der Waals surface area contributed by atoms with Gasteiger partial charge in [-0.2, -0.15) is 0 Å². The molecule has 3 heterocycles. The molecule has 1 aliphatic rings. The molecule has 4 aromatic rings. The Labute approximate surface area is 201 Å². The average Bonchev–Trinajstić information content (AvgIpc) is 3.32. The van der Waals surface area contributed by atoms with Crippen LogP contribution in [-0.2, 0) is 17.7 Å². The number of carbonyl (C=O) groups is 1. The highest BCUT2D eigenvalue weighted by atomic mass is 19.1. The molecule has 0 N–H and O–H groups in total. The van der Waals surface area contributed by atoms with Gasteiger partial charge in [0, 0.05) is 35.9 Å². The molecule has 2 aromatic carbocycles. The van der Waals surface area contributed by atoms with Crippen molar-refractivity contribution in [2.45, 2.75) is 19.9 Å². The summed E-state index contributed by atoms with van der Waals surface area (Å²) in [7, 11) is 1.60. The van der Waals surface area contributed by atoms with E-state index in [1.165, 1.54) is 18.3 Å². The zero-order valence-corrected chi connectivity index (χ0v) is 19.3. The number of ether oxygens (including phenoxy) is 2. The number of nitrogens with zero attached hydrogens (tertiary/aromatic N) is 4. The molecule has 0 atom stereocenters. The number of fused-ring (bicyclic) bond motifs is 1. The molecular weight excluding hydrogens is 451 g/mol. The van der Waals surface area contributed by atoms with Crippen LogP contribution in [0, 0.1) is 5.82 Å². The quantitative estimate of drug-likeness (QED) is 0.372. The zero-order valence-electron chi connectivity index (χ0n) is 19.3. The Morgan fingerprint density at radius 3 is 2.57 bits per heavy atom. The SMILES string of the molecule is CCOC(=O)c1cnc(-c2ccc(OC)cc2)nc1N1CCc2noc(-c3ccc(F)cc3)c2C1. The maximum absolute atomic E-state index is 13.4. The van der Waals surface area contributed by atoms with Crippen molar-refractivity contribution in [3.8, 4) is 28.5 Å². The van der Waals surface area contributed by atoms with Crippen LogP contribution in [0.5, 0.6) is 5.75 Å². The van der Waals surface area contributed by atoms with E-state index < -0.39 is 5.97 Å². The van der Waals surface area contributed by atoms with Crippen molar-refractivity contribution in [3.05, 3.63) is 77.4 Å². The molecule has 0 saturated heterocycles. The van der Waals surface area contributed by atoms with E-state index in [1.807, 2.05) is 29.2 Å². The van der Waals surface area contributed by atoms with Crippen LogP contribution in [0.4, 0.5) is 10.2 Å². The number of rotatable bonds is 6. The Morgan fingerprint density at radius 1 is 1.11 bits per heavy atom. The highest BCUT2D eigenvalue weighted by molar-refractivity contribution is 5.95. The Hall–Kier alpha value is -4.27. The topological polar surface area (TPSA) is 90.6 Å². The fourth-order valence-corrected chi connectivity index (χ4v) is 4.07. The molecule has 0 bridgehead atoms. The van der Waals surface area contributed by atoms with E-state index in [2.05, 4.69) is 10.1 Å². The molecule has 0 spiro atoms. The summed E-state index contributed by atoms with van der Waals surface area (Å²) in [5.74, 6) is 1.44. The minimum atomic E-state index is -0.487. The summed E-state index contributed by atoms with van der Waals surface area (Å²) < 4.78 is 29.6. The van der Waals surface area contributed by atoms with E-state index in [9.17, 15) is 9.18 Å². The molecule has 2 aromatic heterocycles. The Morgan fingerprint density at radius 2 is 1.86 bits per heavy atom. The molecule has 178 valence electrons. The first kappa shape index (κ1) is 22.5. The fraction of sp³-hybridized carbons (Fsp3) is 0.231. The van der Waals surface area contributed by atoms with Crippen molar-refractivity contribution < 1.29 is 23.2 Å². The number of benzene rings is 2. The van der Waals surface area contributed by atoms with Crippen LogP contribution in [0.1, 0.15) is 28.5 Å². The van der Waals surface area contributed by atoms with E-state index >= 15 is 0 Å². The van der Waals surface area contributed by atoms with Crippen LogP contribution < -0.4 is 9.64 Å². The predicted octanol–water partition coefficient (Wildman–Crippen LogP) is 4.69. The Balaban J connectivity index is 1.53. The van der Waals surface area contributed by atoms with Crippen LogP contribution >= 0.6 is 0 Å². The van der Waals surface area contributed by atoms with Gasteiger partial charge in [0.1, 0.15) is 22.9 Å². The van der Waals surface area contributed by atoms with Crippen molar-refractivity contribution in [2.75, 3.05) is 25.2 Å². The van der Waals surface area contributed by atoms with E-state index in [-0.39, 0.29) is 18.0 Å². The van der Waals surface area contributed by atoms with Crippen molar-refractivity contribution in [3.63, 3.8) is 0 Å².